The van der Waals surface area contributed by atoms with E-state index in [4.69, 9.17) is 14.7 Å². The average molecular weight is 80.1 g/mol. The van der Waals surface area contributed by atoms with E-state index in [1.165, 1.54) is 0 Å². The van der Waals surface area contributed by atoms with Crippen molar-refractivity contribution in [3.05, 3.63) is 0 Å². The largest absolute Gasteiger partial charge is 0.234 e. The van der Waals surface area contributed by atoms with Crippen LogP contribution in [0.15, 0.2) is 0 Å². The Morgan fingerprint density at radius 1 is 2.00 bits per heavy atom. The van der Waals surface area contributed by atoms with Crippen LogP contribution in [0.25, 0.3) is 0 Å². The maximum absolute atomic E-state index is 8.85. The van der Waals surface area contributed by atoms with Crippen LogP contribution < -0.4 is 5.14 Å². The van der Waals surface area contributed by atoms with Gasteiger partial charge in [-0.2, -0.15) is 0 Å². The Morgan fingerprint density at radius 3 is 2.00 bits per heavy atom. The van der Waals surface area contributed by atoms with Crippen LogP contribution in [0.3, 0.4) is 0 Å². The highest BCUT2D eigenvalue weighted by Gasteiger charge is 1.49. The number of rotatable bonds is 0. The van der Waals surface area contributed by atoms with Crippen molar-refractivity contribution >= 4 is 10.8 Å². The van der Waals surface area contributed by atoms with Gasteiger partial charge in [-0.25, -0.2) is 8.42 Å². The van der Waals surface area contributed by atoms with Gasteiger partial charge in [0.25, 0.3) is 0 Å². The molecule has 2 radical (unpaired) electrons. The Morgan fingerprint density at radius 2 is 2.00 bits per heavy atom. The van der Waals surface area contributed by atoms with Gasteiger partial charge in [-0.15, -0.1) is 0 Å². The molecule has 0 rings (SSSR count). The first-order valence-corrected chi connectivity index (χ1v) is 1.55. The summed E-state index contributed by atoms with van der Waals surface area (Å²) in [6, 6.07) is 0. The second-order valence-corrected chi connectivity index (χ2v) is 0.651. The molecule has 4 heteroatoms. The minimum absolute atomic E-state index is 4.42. The zero-order valence-electron chi connectivity index (χ0n) is 2.67. The zero-order valence-corrected chi connectivity index (χ0v) is 2.49. The fraction of sp³-hybridized carbons (Fsp3) is 0. The molecule has 0 unspecified atom stereocenters. The first-order chi connectivity index (χ1) is 2.00. The Hall–Kier alpha value is -0.0900. The fourth-order valence-electron chi connectivity index (χ4n) is 0. The summed E-state index contributed by atoms with van der Waals surface area (Å²) in [5, 5.41) is 7.16. The van der Waals surface area contributed by atoms with E-state index in [1.54, 1.807) is 0 Å². The summed E-state index contributed by atoms with van der Waals surface area (Å²) < 4.78 is 23.2. The van der Waals surface area contributed by atoms with Gasteiger partial charge in [-0.1, -0.05) is 0 Å². The monoisotopic (exact) mass is 80.0 g/mol. The predicted molar refractivity (Wildman–Crippen MR) is 12.4 cm³/mol. The van der Waals surface area contributed by atoms with Crippen LogP contribution in [0, 0.1) is 0 Å². The predicted octanol–water partition coefficient (Wildman–Crippen LogP) is -1.42. The first kappa shape index (κ1) is 2.17. The molecule has 0 amide bonds. The SMILES string of the molecule is [2H]S([N])(=O)=O. The number of nitrogens with zero attached hydrogens (tertiary/aromatic N) is 1. The lowest BCUT2D eigenvalue weighted by atomic mass is 14.0. The molecule has 0 saturated heterocycles. The second-order valence-electron chi connectivity index (χ2n) is 0.217. The van der Waals surface area contributed by atoms with E-state index in [-0.39, 0.29) is 0 Å². The maximum Gasteiger partial charge on any atom is 0.234 e. The molecule has 0 aromatic rings. The van der Waals surface area contributed by atoms with Gasteiger partial charge in [0.2, 0.25) is 10.8 Å². The van der Waals surface area contributed by atoms with E-state index in [2.05, 4.69) is 0 Å². The maximum atomic E-state index is 8.85. The van der Waals surface area contributed by atoms with Crippen molar-refractivity contribution in [1.29, 1.82) is 1.12 Å². The highest BCUT2D eigenvalue weighted by atomic mass is 32.2. The molecule has 3 nitrogen and oxygen atoms in total. The summed E-state index contributed by atoms with van der Waals surface area (Å²) in [7, 11) is -4.42. The molecule has 0 aliphatic carbocycles. The third kappa shape index (κ3) is 195. The van der Waals surface area contributed by atoms with Gasteiger partial charge in [-0.05, 0) is 5.14 Å². The lowest BCUT2D eigenvalue weighted by molar-refractivity contribution is 0.615. The molecule has 0 saturated carbocycles. The van der Waals surface area contributed by atoms with E-state index < -0.39 is 10.8 Å². The summed E-state index contributed by atoms with van der Waals surface area (Å²) in [6.45, 7) is 0. The lowest BCUT2D eigenvalue weighted by Gasteiger charge is -1.37. The number of hydrogen-bond donors (Lipinski definition) is 1. The molecule has 0 spiro atoms. The molecule has 0 N–H and O–H groups in total. The minimum Gasteiger partial charge on any atom is -0.213 e. The molecule has 0 aliphatic rings. The van der Waals surface area contributed by atoms with Gasteiger partial charge < -0.3 is 0 Å². The Labute approximate surface area is 26.6 Å². The highest BCUT2D eigenvalue weighted by Crippen LogP contribution is 1.23. The zero-order chi connectivity index (χ0) is 4.50. The van der Waals surface area contributed by atoms with Gasteiger partial charge in [0.1, 0.15) is 0 Å². The molecule has 0 bridgehead atoms. The van der Waals surface area contributed by atoms with Crippen LogP contribution in [-0.2, 0) is 10.8 Å². The molecule has 0 aromatic carbocycles. The average Bonchev–Trinajstić information content (AvgIpc) is 0.722. The molecular weight excluding hydrogens is 78.1 g/mol. The van der Waals surface area contributed by atoms with Crippen molar-refractivity contribution in [2.24, 2.45) is 0 Å². The van der Waals surface area contributed by atoms with E-state index in [0.717, 1.165) is 0 Å². The van der Waals surface area contributed by atoms with Gasteiger partial charge in [0, 0.05) is 0 Å². The van der Waals surface area contributed by atoms with Crippen molar-refractivity contribution in [2.75, 3.05) is 0 Å². The molecule has 0 aliphatic heterocycles. The molecule has 0 atom stereocenters. The number of thiol groups is 1. The van der Waals surface area contributed by atoms with Crippen molar-refractivity contribution in [1.82, 2.24) is 5.14 Å². The lowest BCUT2D eigenvalue weighted by Crippen LogP contribution is -1.63. The third-order valence-electron chi connectivity index (χ3n) is 0. The summed E-state index contributed by atoms with van der Waals surface area (Å²) in [6.07, 6.45) is 0. The van der Waals surface area contributed by atoms with Gasteiger partial charge in [-0.3, -0.25) is 0 Å². The Kier molecular flexibility index (Phi) is 0.679. The van der Waals surface area contributed by atoms with Gasteiger partial charge in [0.05, 0.1) is 0 Å². The molecule has 0 heterocycles. The van der Waals surface area contributed by atoms with Crippen molar-refractivity contribution in [3.63, 3.8) is 0 Å². The normalized spacial score (nSPS) is 14.8. The van der Waals surface area contributed by atoms with E-state index in [0.29, 0.717) is 0 Å². The minimum atomic E-state index is -4.42. The smallest absolute Gasteiger partial charge is 0.213 e. The van der Waals surface area contributed by atoms with Crippen LogP contribution in [0.2, 0.25) is 0 Å². The second kappa shape index (κ2) is 1.25. The summed E-state index contributed by atoms with van der Waals surface area (Å²) in [5.74, 6) is 0. The summed E-state index contributed by atoms with van der Waals surface area (Å²) in [4.78, 5) is 0. The van der Waals surface area contributed by atoms with Gasteiger partial charge >= 0.3 is 0 Å². The summed E-state index contributed by atoms with van der Waals surface area (Å²) in [5.41, 5.74) is 0. The van der Waals surface area contributed by atoms with Crippen molar-refractivity contribution in [3.8, 4) is 0 Å². The van der Waals surface area contributed by atoms with Crippen molar-refractivity contribution < 1.29 is 8.42 Å². The topological polar surface area (TPSA) is 56.4 Å². The van der Waals surface area contributed by atoms with Crippen LogP contribution in [0.1, 0.15) is 0 Å². The van der Waals surface area contributed by atoms with Crippen molar-refractivity contribution in [2.45, 2.75) is 0 Å². The highest BCUT2D eigenvalue weighted by molar-refractivity contribution is 7.69. The molecule has 0 aromatic heterocycles. The Bertz CT molecular complexity index is 92.8. The van der Waals surface area contributed by atoms with Crippen LogP contribution in [0.4, 0.5) is 0 Å². The number of hydrogen-bond acceptors (Lipinski definition) is 2. The molecular formula is HNO2S. The molecule has 24 valence electrons. The van der Waals surface area contributed by atoms with Crippen LogP contribution in [-0.4, -0.2) is 9.54 Å². The van der Waals surface area contributed by atoms with Gasteiger partial charge in [0.15, 0.2) is 1.12 Å². The van der Waals surface area contributed by atoms with E-state index in [1.807, 2.05) is 0 Å². The standard InChI is InChI=1S/HNO2S/c1-4(2)3/h4H/i4D. The van der Waals surface area contributed by atoms with Crippen LogP contribution in [0.5, 0.6) is 0 Å². The summed E-state index contributed by atoms with van der Waals surface area (Å²) >= 11 is 0. The third-order valence-corrected chi connectivity index (χ3v) is 0. The van der Waals surface area contributed by atoms with E-state index in [9.17, 15) is 0 Å². The quantitative estimate of drug-likeness (QED) is 0.363. The molecule has 4 heavy (non-hydrogen) atoms. The molecule has 0 fully saturated rings. The first-order valence-electron chi connectivity index (χ1n) is 0.924. The van der Waals surface area contributed by atoms with E-state index >= 15 is 0 Å². The van der Waals surface area contributed by atoms with Crippen LogP contribution >= 0.6 is 0 Å². The Balaban J connectivity index is 4.06. The fourth-order valence-corrected chi connectivity index (χ4v) is 0.